The van der Waals surface area contributed by atoms with E-state index in [0.29, 0.717) is 12.3 Å². The summed E-state index contributed by atoms with van der Waals surface area (Å²) in [6.07, 6.45) is -0.427. The van der Waals surface area contributed by atoms with Crippen molar-refractivity contribution < 1.29 is 19.0 Å². The van der Waals surface area contributed by atoms with Crippen molar-refractivity contribution in [3.63, 3.8) is 0 Å². The Hall–Kier alpha value is -1.66. The van der Waals surface area contributed by atoms with Gasteiger partial charge in [0.2, 0.25) is 0 Å². The SMILES string of the molecule is CC1COC(CO)CN1C(=O)c1cc(N)ccc1F. The molecule has 0 saturated carbocycles. The summed E-state index contributed by atoms with van der Waals surface area (Å²) in [5.41, 5.74) is 5.87. The van der Waals surface area contributed by atoms with Crippen molar-refractivity contribution in [2.75, 3.05) is 25.5 Å². The second-order valence-electron chi connectivity index (χ2n) is 4.68. The molecular weight excluding hydrogens is 251 g/mol. The number of aliphatic hydroxyl groups is 1. The van der Waals surface area contributed by atoms with Crippen molar-refractivity contribution in [1.29, 1.82) is 0 Å². The summed E-state index contributed by atoms with van der Waals surface area (Å²) in [6.45, 7) is 2.21. The first-order valence-electron chi connectivity index (χ1n) is 6.11. The molecule has 1 fully saturated rings. The number of halogens is 1. The highest BCUT2D eigenvalue weighted by atomic mass is 19.1. The Bertz CT molecular complexity index is 481. The number of carbonyl (C=O) groups is 1. The Labute approximate surface area is 110 Å². The van der Waals surface area contributed by atoms with Crippen molar-refractivity contribution in [3.8, 4) is 0 Å². The zero-order valence-electron chi connectivity index (χ0n) is 10.7. The summed E-state index contributed by atoms with van der Waals surface area (Å²) in [5, 5.41) is 9.09. The van der Waals surface area contributed by atoms with Crippen molar-refractivity contribution >= 4 is 11.6 Å². The molecule has 1 aliphatic rings. The molecule has 0 spiro atoms. The van der Waals surface area contributed by atoms with Crippen LogP contribution in [0.5, 0.6) is 0 Å². The van der Waals surface area contributed by atoms with E-state index >= 15 is 0 Å². The topological polar surface area (TPSA) is 75.8 Å². The van der Waals surface area contributed by atoms with Crippen LogP contribution in [0, 0.1) is 5.82 Å². The number of aliphatic hydroxyl groups excluding tert-OH is 1. The van der Waals surface area contributed by atoms with E-state index in [4.69, 9.17) is 15.6 Å². The number of nitrogen functional groups attached to an aromatic ring is 1. The van der Waals surface area contributed by atoms with Crippen LogP contribution >= 0.6 is 0 Å². The third-order valence-corrected chi connectivity index (χ3v) is 3.19. The van der Waals surface area contributed by atoms with Crippen LogP contribution in [-0.2, 0) is 4.74 Å². The number of benzene rings is 1. The molecule has 0 aliphatic carbocycles. The average Bonchev–Trinajstić information content (AvgIpc) is 2.41. The van der Waals surface area contributed by atoms with E-state index in [1.54, 1.807) is 0 Å². The van der Waals surface area contributed by atoms with E-state index in [1.165, 1.54) is 23.1 Å². The van der Waals surface area contributed by atoms with Gasteiger partial charge in [0.15, 0.2) is 0 Å². The maximum absolute atomic E-state index is 13.7. The number of nitrogens with two attached hydrogens (primary N) is 1. The molecule has 2 unspecified atom stereocenters. The van der Waals surface area contributed by atoms with E-state index in [-0.39, 0.29) is 24.8 Å². The van der Waals surface area contributed by atoms with Crippen molar-refractivity contribution in [2.24, 2.45) is 0 Å². The molecule has 5 nitrogen and oxygen atoms in total. The molecule has 0 aromatic heterocycles. The van der Waals surface area contributed by atoms with Crippen molar-refractivity contribution in [3.05, 3.63) is 29.6 Å². The van der Waals surface area contributed by atoms with E-state index in [0.717, 1.165) is 0 Å². The molecule has 1 aliphatic heterocycles. The Kier molecular flexibility index (Phi) is 4.01. The van der Waals surface area contributed by atoms with Gasteiger partial charge in [0.05, 0.1) is 30.9 Å². The second kappa shape index (κ2) is 5.54. The highest BCUT2D eigenvalue weighted by molar-refractivity contribution is 5.95. The minimum atomic E-state index is -0.599. The smallest absolute Gasteiger partial charge is 0.257 e. The summed E-state index contributed by atoms with van der Waals surface area (Å²) < 4.78 is 19.0. The first-order valence-corrected chi connectivity index (χ1v) is 6.11. The minimum Gasteiger partial charge on any atom is -0.399 e. The van der Waals surface area contributed by atoms with Crippen molar-refractivity contribution in [1.82, 2.24) is 4.90 Å². The van der Waals surface area contributed by atoms with Crippen LogP contribution in [0.1, 0.15) is 17.3 Å². The maximum Gasteiger partial charge on any atom is 0.257 e. The van der Waals surface area contributed by atoms with Gasteiger partial charge in [-0.05, 0) is 25.1 Å². The highest BCUT2D eigenvalue weighted by Crippen LogP contribution is 2.19. The summed E-state index contributed by atoms with van der Waals surface area (Å²) in [7, 11) is 0. The van der Waals surface area contributed by atoms with Gasteiger partial charge >= 0.3 is 0 Å². The van der Waals surface area contributed by atoms with Gasteiger partial charge in [0.25, 0.3) is 5.91 Å². The predicted octanol–water partition coefficient (Wildman–Crippen LogP) is 0.630. The summed E-state index contributed by atoms with van der Waals surface area (Å²) in [4.78, 5) is 13.8. The number of ether oxygens (including phenoxy) is 1. The number of hydrogen-bond acceptors (Lipinski definition) is 4. The first kappa shape index (κ1) is 13.8. The zero-order valence-corrected chi connectivity index (χ0v) is 10.7. The largest absolute Gasteiger partial charge is 0.399 e. The van der Waals surface area contributed by atoms with Gasteiger partial charge in [-0.15, -0.1) is 0 Å². The van der Waals surface area contributed by atoms with E-state index in [1.807, 2.05) is 6.92 Å². The van der Waals surface area contributed by atoms with Gasteiger partial charge in [-0.3, -0.25) is 4.79 Å². The van der Waals surface area contributed by atoms with E-state index in [2.05, 4.69) is 0 Å². The molecule has 1 heterocycles. The lowest BCUT2D eigenvalue weighted by atomic mass is 10.1. The van der Waals surface area contributed by atoms with Crippen LogP contribution < -0.4 is 5.73 Å². The third kappa shape index (κ3) is 2.85. The van der Waals surface area contributed by atoms with Crippen LogP contribution in [0.4, 0.5) is 10.1 Å². The normalized spacial score (nSPS) is 23.4. The van der Waals surface area contributed by atoms with Crippen LogP contribution in [0.25, 0.3) is 0 Å². The molecule has 1 aromatic rings. The molecular formula is C13H17FN2O3. The molecule has 0 radical (unpaired) electrons. The summed E-state index contributed by atoms with van der Waals surface area (Å²) in [5.74, 6) is -1.03. The molecule has 104 valence electrons. The standard InChI is InChI=1S/C13H17FN2O3/c1-8-7-19-10(6-17)5-16(8)13(18)11-4-9(15)2-3-12(11)14/h2-4,8,10,17H,5-7,15H2,1H3. The molecule has 6 heteroatoms. The van der Waals surface area contributed by atoms with Crippen LogP contribution in [0.15, 0.2) is 18.2 Å². The number of rotatable bonds is 2. The second-order valence-corrected chi connectivity index (χ2v) is 4.68. The Morgan fingerprint density at radius 1 is 1.63 bits per heavy atom. The van der Waals surface area contributed by atoms with Gasteiger partial charge in [-0.25, -0.2) is 4.39 Å². The van der Waals surface area contributed by atoms with E-state index in [9.17, 15) is 9.18 Å². The van der Waals surface area contributed by atoms with Gasteiger partial charge in [0.1, 0.15) is 5.82 Å². The molecule has 2 rings (SSSR count). The number of morpholine rings is 1. The Morgan fingerprint density at radius 3 is 3.05 bits per heavy atom. The van der Waals surface area contributed by atoms with Crippen LogP contribution in [0.2, 0.25) is 0 Å². The molecule has 3 N–H and O–H groups in total. The molecule has 19 heavy (non-hydrogen) atoms. The molecule has 1 amide bonds. The van der Waals surface area contributed by atoms with E-state index < -0.39 is 17.8 Å². The molecule has 0 bridgehead atoms. The summed E-state index contributed by atoms with van der Waals surface area (Å²) in [6, 6.07) is 3.74. The fraction of sp³-hybridized carbons (Fsp3) is 0.462. The maximum atomic E-state index is 13.7. The number of amides is 1. The number of nitrogens with zero attached hydrogens (tertiary/aromatic N) is 1. The highest BCUT2D eigenvalue weighted by Gasteiger charge is 2.31. The fourth-order valence-corrected chi connectivity index (χ4v) is 2.07. The van der Waals surface area contributed by atoms with Gasteiger partial charge in [-0.1, -0.05) is 0 Å². The molecule has 2 atom stereocenters. The summed E-state index contributed by atoms with van der Waals surface area (Å²) >= 11 is 0. The quantitative estimate of drug-likeness (QED) is 0.771. The third-order valence-electron chi connectivity index (χ3n) is 3.19. The van der Waals surface area contributed by atoms with Crippen LogP contribution in [0.3, 0.4) is 0 Å². The Balaban J connectivity index is 2.24. The number of carbonyl (C=O) groups excluding carboxylic acids is 1. The zero-order chi connectivity index (χ0) is 14.0. The lowest BCUT2D eigenvalue weighted by molar-refractivity contribution is -0.0668. The monoisotopic (exact) mass is 268 g/mol. The van der Waals surface area contributed by atoms with Crippen molar-refractivity contribution in [2.45, 2.75) is 19.1 Å². The lowest BCUT2D eigenvalue weighted by Crippen LogP contribution is -2.52. The number of anilines is 1. The minimum absolute atomic E-state index is 0.0505. The van der Waals surface area contributed by atoms with Gasteiger partial charge < -0.3 is 20.5 Å². The number of hydrogen-bond donors (Lipinski definition) is 2. The fourth-order valence-electron chi connectivity index (χ4n) is 2.07. The first-order chi connectivity index (χ1) is 9.02. The molecule has 1 saturated heterocycles. The molecule has 1 aromatic carbocycles. The lowest BCUT2D eigenvalue weighted by Gasteiger charge is -2.37. The van der Waals surface area contributed by atoms with Gasteiger partial charge in [0, 0.05) is 12.2 Å². The van der Waals surface area contributed by atoms with Gasteiger partial charge in [-0.2, -0.15) is 0 Å². The Morgan fingerprint density at radius 2 is 2.37 bits per heavy atom. The van der Waals surface area contributed by atoms with Crippen LogP contribution in [-0.4, -0.2) is 47.8 Å². The average molecular weight is 268 g/mol. The predicted molar refractivity (Wildman–Crippen MR) is 68.1 cm³/mol.